The number of anilines is 1. The van der Waals surface area contributed by atoms with Crippen molar-refractivity contribution in [2.45, 2.75) is 18.9 Å². The Labute approximate surface area is 144 Å². The molecule has 0 spiro atoms. The van der Waals surface area contributed by atoms with E-state index in [4.69, 9.17) is 4.74 Å². The molecule has 7 heteroatoms. The number of halogens is 1. The molecule has 1 aliphatic rings. The average molecular weight is 343 g/mol. The van der Waals surface area contributed by atoms with Crippen molar-refractivity contribution in [3.05, 3.63) is 54.3 Å². The maximum atomic E-state index is 13.3. The van der Waals surface area contributed by atoms with Gasteiger partial charge in [0.2, 0.25) is 5.91 Å². The highest BCUT2D eigenvalue weighted by Gasteiger charge is 2.20. The van der Waals surface area contributed by atoms with E-state index in [1.165, 1.54) is 12.1 Å². The van der Waals surface area contributed by atoms with Crippen LogP contribution in [0.2, 0.25) is 0 Å². The predicted molar refractivity (Wildman–Crippen MR) is 91.1 cm³/mol. The number of ether oxygens (including phenoxy) is 1. The van der Waals surface area contributed by atoms with Gasteiger partial charge in [0.05, 0.1) is 5.69 Å². The van der Waals surface area contributed by atoms with E-state index in [0.717, 1.165) is 0 Å². The summed E-state index contributed by atoms with van der Waals surface area (Å²) in [6.45, 7) is 0.410. The van der Waals surface area contributed by atoms with E-state index in [9.17, 15) is 14.0 Å². The van der Waals surface area contributed by atoms with E-state index >= 15 is 0 Å². The summed E-state index contributed by atoms with van der Waals surface area (Å²) >= 11 is 0. The van der Waals surface area contributed by atoms with Gasteiger partial charge in [-0.3, -0.25) is 4.79 Å². The minimum absolute atomic E-state index is 0.00713. The number of rotatable bonds is 4. The summed E-state index contributed by atoms with van der Waals surface area (Å²) in [6, 6.07) is 12.1. The Morgan fingerprint density at radius 3 is 2.80 bits per heavy atom. The number of piperidine rings is 1. The van der Waals surface area contributed by atoms with E-state index in [0.29, 0.717) is 36.6 Å². The minimum atomic E-state index is -0.403. The second-order valence-corrected chi connectivity index (χ2v) is 5.69. The van der Waals surface area contributed by atoms with Crippen LogP contribution in [0.1, 0.15) is 12.8 Å². The number of carbonyl (C=O) groups excluding carboxylic acids is 2. The molecule has 3 rings (SSSR count). The van der Waals surface area contributed by atoms with Crippen LogP contribution < -0.4 is 20.7 Å². The second-order valence-electron chi connectivity index (χ2n) is 5.69. The lowest BCUT2D eigenvalue weighted by molar-refractivity contribution is -0.122. The summed E-state index contributed by atoms with van der Waals surface area (Å²) < 4.78 is 18.9. The average Bonchev–Trinajstić information content (AvgIpc) is 2.59. The third-order valence-electron chi connectivity index (χ3n) is 3.76. The first-order valence-electron chi connectivity index (χ1n) is 7.97. The van der Waals surface area contributed by atoms with Crippen molar-refractivity contribution in [1.82, 2.24) is 10.6 Å². The highest BCUT2D eigenvalue weighted by atomic mass is 19.1. The Morgan fingerprint density at radius 1 is 1.20 bits per heavy atom. The molecule has 0 radical (unpaired) electrons. The smallest absolute Gasteiger partial charge is 0.319 e. The summed E-state index contributed by atoms with van der Waals surface area (Å²) in [6.07, 6.45) is 0.991. The molecule has 0 unspecified atom stereocenters. The fourth-order valence-corrected chi connectivity index (χ4v) is 2.52. The van der Waals surface area contributed by atoms with Crippen molar-refractivity contribution in [3.8, 4) is 11.5 Å². The molecule has 1 atom stereocenters. The minimum Gasteiger partial charge on any atom is -0.455 e. The normalized spacial score (nSPS) is 16.7. The lowest BCUT2D eigenvalue weighted by Crippen LogP contribution is -2.48. The third kappa shape index (κ3) is 4.69. The van der Waals surface area contributed by atoms with E-state index in [1.807, 2.05) is 0 Å². The molecule has 6 nitrogen and oxygen atoms in total. The van der Waals surface area contributed by atoms with Crippen molar-refractivity contribution in [3.63, 3.8) is 0 Å². The van der Waals surface area contributed by atoms with Crippen LogP contribution in [-0.4, -0.2) is 24.5 Å². The first-order valence-corrected chi connectivity index (χ1v) is 7.97. The standard InChI is InChI=1S/C18H18FN3O3/c19-12-4-3-5-14(10-12)25-16-7-2-1-6-15(16)22-18(24)21-13-8-9-17(23)20-11-13/h1-7,10,13H,8-9,11H2,(H,20,23)(H2,21,22,24)/t13-/m0/s1. The molecular weight excluding hydrogens is 325 g/mol. The molecule has 2 aromatic carbocycles. The van der Waals surface area contributed by atoms with Crippen LogP contribution >= 0.6 is 0 Å². The van der Waals surface area contributed by atoms with E-state index in [1.54, 1.807) is 36.4 Å². The molecule has 2 aromatic rings. The molecule has 1 saturated heterocycles. The van der Waals surface area contributed by atoms with Gasteiger partial charge in [-0.2, -0.15) is 0 Å². The first-order chi connectivity index (χ1) is 12.1. The summed E-state index contributed by atoms with van der Waals surface area (Å²) in [5, 5.41) is 8.24. The van der Waals surface area contributed by atoms with Crippen molar-refractivity contribution in [1.29, 1.82) is 0 Å². The van der Waals surface area contributed by atoms with E-state index in [2.05, 4.69) is 16.0 Å². The molecule has 1 heterocycles. The quantitative estimate of drug-likeness (QED) is 0.798. The molecule has 25 heavy (non-hydrogen) atoms. The molecule has 1 fully saturated rings. The van der Waals surface area contributed by atoms with Crippen LogP contribution in [0, 0.1) is 5.82 Å². The molecular formula is C18H18FN3O3. The van der Waals surface area contributed by atoms with Crippen LogP contribution in [0.25, 0.3) is 0 Å². The lowest BCUT2D eigenvalue weighted by Gasteiger charge is -2.23. The van der Waals surface area contributed by atoms with Gasteiger partial charge in [0.25, 0.3) is 0 Å². The number of benzene rings is 2. The summed E-state index contributed by atoms with van der Waals surface area (Å²) in [5.74, 6) is 0.331. The predicted octanol–water partition coefficient (Wildman–Crippen LogP) is 3.02. The zero-order valence-corrected chi connectivity index (χ0v) is 13.4. The Balaban J connectivity index is 1.64. The number of hydrogen-bond acceptors (Lipinski definition) is 3. The number of amides is 3. The Bertz CT molecular complexity index is 772. The zero-order valence-electron chi connectivity index (χ0n) is 13.4. The van der Waals surface area contributed by atoms with Gasteiger partial charge in [0.1, 0.15) is 11.6 Å². The van der Waals surface area contributed by atoms with E-state index in [-0.39, 0.29) is 11.9 Å². The highest BCUT2D eigenvalue weighted by molar-refractivity contribution is 5.91. The van der Waals surface area contributed by atoms with Crippen LogP contribution in [-0.2, 0) is 4.79 Å². The van der Waals surface area contributed by atoms with E-state index < -0.39 is 11.8 Å². The molecule has 0 aliphatic carbocycles. The molecule has 3 amide bonds. The molecule has 130 valence electrons. The van der Waals surface area contributed by atoms with Gasteiger partial charge in [-0.25, -0.2) is 9.18 Å². The third-order valence-corrected chi connectivity index (χ3v) is 3.76. The van der Waals surface area contributed by atoms with Gasteiger partial charge < -0.3 is 20.7 Å². The van der Waals surface area contributed by atoms with Crippen LogP contribution in [0.15, 0.2) is 48.5 Å². The number of hydrogen-bond donors (Lipinski definition) is 3. The van der Waals surface area contributed by atoms with Crippen molar-refractivity contribution in [2.24, 2.45) is 0 Å². The van der Waals surface area contributed by atoms with Crippen molar-refractivity contribution < 1.29 is 18.7 Å². The second kappa shape index (κ2) is 7.65. The maximum absolute atomic E-state index is 13.3. The molecule has 0 saturated carbocycles. The van der Waals surface area contributed by atoms with Crippen LogP contribution in [0.3, 0.4) is 0 Å². The molecule has 3 N–H and O–H groups in total. The first kappa shape index (κ1) is 16.8. The van der Waals surface area contributed by atoms with Crippen molar-refractivity contribution >= 4 is 17.6 Å². The van der Waals surface area contributed by atoms with Crippen LogP contribution in [0.5, 0.6) is 11.5 Å². The summed E-state index contributed by atoms with van der Waals surface area (Å²) in [5.41, 5.74) is 0.462. The summed E-state index contributed by atoms with van der Waals surface area (Å²) in [7, 11) is 0. The number of para-hydroxylation sites is 2. The van der Waals surface area contributed by atoms with Gasteiger partial charge in [-0.05, 0) is 30.7 Å². The number of carbonyl (C=O) groups is 2. The van der Waals surface area contributed by atoms with Gasteiger partial charge >= 0.3 is 6.03 Å². The number of urea groups is 1. The fourth-order valence-electron chi connectivity index (χ4n) is 2.52. The zero-order chi connectivity index (χ0) is 17.6. The Morgan fingerprint density at radius 2 is 2.04 bits per heavy atom. The highest BCUT2D eigenvalue weighted by Crippen LogP contribution is 2.29. The SMILES string of the molecule is O=C1CC[C@H](NC(=O)Nc2ccccc2Oc2cccc(F)c2)CN1. The van der Waals surface area contributed by atoms with Gasteiger partial charge in [-0.15, -0.1) is 0 Å². The largest absolute Gasteiger partial charge is 0.455 e. The fraction of sp³-hybridized carbons (Fsp3) is 0.222. The molecule has 1 aliphatic heterocycles. The molecule has 0 bridgehead atoms. The van der Waals surface area contributed by atoms with Crippen molar-refractivity contribution in [2.75, 3.05) is 11.9 Å². The van der Waals surface area contributed by atoms with Crippen LogP contribution in [0.4, 0.5) is 14.9 Å². The van der Waals surface area contributed by atoms with Gasteiger partial charge in [0.15, 0.2) is 5.75 Å². The van der Waals surface area contributed by atoms with Gasteiger partial charge in [0, 0.05) is 25.1 Å². The maximum Gasteiger partial charge on any atom is 0.319 e. The van der Waals surface area contributed by atoms with Gasteiger partial charge in [-0.1, -0.05) is 18.2 Å². The molecule has 0 aromatic heterocycles. The summed E-state index contributed by atoms with van der Waals surface area (Å²) in [4.78, 5) is 23.3. The Hall–Kier alpha value is -3.09. The Kier molecular flexibility index (Phi) is 5.13. The number of nitrogens with one attached hydrogen (secondary N) is 3. The monoisotopic (exact) mass is 343 g/mol. The topological polar surface area (TPSA) is 79.5 Å². The lowest BCUT2D eigenvalue weighted by atomic mass is 10.1.